The molecule has 0 amide bonds. The molecule has 10 nitrogen and oxygen atoms in total. The Morgan fingerprint density at radius 3 is 2.24 bits per heavy atom. The van der Waals surface area contributed by atoms with E-state index >= 15 is 0 Å². The Labute approximate surface area is 169 Å². The smallest absolute Gasteiger partial charge is 0.270 e. The van der Waals surface area contributed by atoms with E-state index in [1.807, 2.05) is 0 Å². The van der Waals surface area contributed by atoms with Crippen molar-refractivity contribution in [1.82, 2.24) is 4.31 Å². The third-order valence-electron chi connectivity index (χ3n) is 4.05. The lowest BCUT2D eigenvalue weighted by Crippen LogP contribution is -2.23. The Morgan fingerprint density at radius 2 is 1.69 bits per heavy atom. The number of nitrogens with one attached hydrogen (secondary N) is 2. The van der Waals surface area contributed by atoms with Gasteiger partial charge in [0.1, 0.15) is 0 Å². The van der Waals surface area contributed by atoms with Crippen molar-refractivity contribution in [2.24, 2.45) is 0 Å². The molecule has 2 N–H and O–H groups in total. The lowest BCUT2D eigenvalue weighted by atomic mass is 10.2. The Bertz CT molecular complexity index is 1140. The second kappa shape index (κ2) is 8.35. The van der Waals surface area contributed by atoms with Gasteiger partial charge in [0.2, 0.25) is 10.0 Å². The standard InChI is InChI=1S/C17H22N4O6S2/c1-5-18-15-9-8-14(29(26,27)20(3)4)11-16(15)19-28(24,25)17-10-13(21(22)23)7-6-12(17)2/h6-11,18-19H,5H2,1-4H3. The molecule has 2 aromatic carbocycles. The van der Waals surface area contributed by atoms with Crippen LogP contribution in [0.1, 0.15) is 12.5 Å². The van der Waals surface area contributed by atoms with Gasteiger partial charge >= 0.3 is 0 Å². The number of benzene rings is 2. The van der Waals surface area contributed by atoms with Crippen LogP contribution in [-0.4, -0.2) is 46.7 Å². The number of nitro groups is 1. The number of anilines is 2. The van der Waals surface area contributed by atoms with Crippen LogP contribution in [0.15, 0.2) is 46.2 Å². The SMILES string of the molecule is CCNc1ccc(S(=O)(=O)N(C)C)cc1NS(=O)(=O)c1cc([N+](=O)[O-])ccc1C. The van der Waals surface area contributed by atoms with Gasteiger partial charge in [-0.25, -0.2) is 21.1 Å². The first kappa shape index (κ1) is 22.6. The summed E-state index contributed by atoms with van der Waals surface area (Å²) in [7, 11) is -5.29. The van der Waals surface area contributed by atoms with Gasteiger partial charge in [-0.05, 0) is 37.6 Å². The maximum Gasteiger partial charge on any atom is 0.270 e. The lowest BCUT2D eigenvalue weighted by molar-refractivity contribution is -0.385. The summed E-state index contributed by atoms with van der Waals surface area (Å²) < 4.78 is 54.0. The zero-order valence-electron chi connectivity index (χ0n) is 16.3. The molecule has 0 spiro atoms. The van der Waals surface area contributed by atoms with Crippen molar-refractivity contribution in [3.05, 3.63) is 52.1 Å². The Balaban J connectivity index is 2.59. The van der Waals surface area contributed by atoms with Crippen LogP contribution in [-0.2, 0) is 20.0 Å². The molecule has 2 aromatic rings. The summed E-state index contributed by atoms with van der Waals surface area (Å²) in [6.45, 7) is 3.77. The van der Waals surface area contributed by atoms with E-state index in [1.165, 1.54) is 51.4 Å². The van der Waals surface area contributed by atoms with Crippen LogP contribution < -0.4 is 10.0 Å². The number of aryl methyl sites for hydroxylation is 1. The third-order valence-corrected chi connectivity index (χ3v) is 7.37. The molecule has 0 aliphatic rings. The maximum atomic E-state index is 12.9. The van der Waals surface area contributed by atoms with Crippen molar-refractivity contribution in [3.8, 4) is 0 Å². The topological polar surface area (TPSA) is 139 Å². The molecule has 0 aromatic heterocycles. The van der Waals surface area contributed by atoms with E-state index in [0.717, 1.165) is 10.4 Å². The molecule has 158 valence electrons. The summed E-state index contributed by atoms with van der Waals surface area (Å²) in [5.41, 5.74) is 0.328. The molecule has 0 aliphatic carbocycles. The van der Waals surface area contributed by atoms with E-state index < -0.39 is 25.0 Å². The van der Waals surface area contributed by atoms with Crippen molar-refractivity contribution >= 4 is 37.1 Å². The summed E-state index contributed by atoms with van der Waals surface area (Å²) in [4.78, 5) is 9.96. The number of non-ortho nitro benzene ring substituents is 1. The van der Waals surface area contributed by atoms with Gasteiger partial charge < -0.3 is 5.32 Å². The van der Waals surface area contributed by atoms with Crippen molar-refractivity contribution in [2.45, 2.75) is 23.6 Å². The van der Waals surface area contributed by atoms with Gasteiger partial charge in [-0.2, -0.15) is 0 Å². The quantitative estimate of drug-likeness (QED) is 0.473. The summed E-state index contributed by atoms with van der Waals surface area (Å²) in [5, 5.41) is 14.0. The number of hydrogen-bond donors (Lipinski definition) is 2. The van der Waals surface area contributed by atoms with Crippen LogP contribution in [0.2, 0.25) is 0 Å². The summed E-state index contributed by atoms with van der Waals surface area (Å²) >= 11 is 0. The van der Waals surface area contributed by atoms with Gasteiger partial charge in [0.25, 0.3) is 15.7 Å². The van der Waals surface area contributed by atoms with Crippen molar-refractivity contribution in [1.29, 1.82) is 0 Å². The van der Waals surface area contributed by atoms with Crippen LogP contribution in [0.5, 0.6) is 0 Å². The Hall–Kier alpha value is -2.70. The predicted molar refractivity (Wildman–Crippen MR) is 110 cm³/mol. The van der Waals surface area contributed by atoms with E-state index in [0.29, 0.717) is 17.8 Å². The van der Waals surface area contributed by atoms with Crippen LogP contribution in [0.4, 0.5) is 17.1 Å². The van der Waals surface area contributed by atoms with Gasteiger partial charge in [-0.15, -0.1) is 0 Å². The highest BCUT2D eigenvalue weighted by Gasteiger charge is 2.24. The van der Waals surface area contributed by atoms with E-state index in [-0.39, 0.29) is 21.2 Å². The molecule has 0 fully saturated rings. The van der Waals surface area contributed by atoms with E-state index in [9.17, 15) is 26.9 Å². The zero-order valence-corrected chi connectivity index (χ0v) is 18.0. The Morgan fingerprint density at radius 1 is 1.03 bits per heavy atom. The van der Waals surface area contributed by atoms with E-state index in [4.69, 9.17) is 0 Å². The first-order valence-electron chi connectivity index (χ1n) is 8.48. The van der Waals surface area contributed by atoms with Crippen LogP contribution in [0.3, 0.4) is 0 Å². The maximum absolute atomic E-state index is 12.9. The van der Waals surface area contributed by atoms with E-state index in [2.05, 4.69) is 10.0 Å². The molecular weight excluding hydrogens is 420 g/mol. The van der Waals surface area contributed by atoms with Crippen molar-refractivity contribution in [3.63, 3.8) is 0 Å². The van der Waals surface area contributed by atoms with Gasteiger partial charge in [0.05, 0.1) is 26.1 Å². The third kappa shape index (κ3) is 4.83. The van der Waals surface area contributed by atoms with Gasteiger partial charge in [-0.3, -0.25) is 14.8 Å². The van der Waals surface area contributed by atoms with Crippen LogP contribution >= 0.6 is 0 Å². The fraction of sp³-hybridized carbons (Fsp3) is 0.294. The molecule has 0 heterocycles. The molecule has 0 radical (unpaired) electrons. The monoisotopic (exact) mass is 442 g/mol. The highest BCUT2D eigenvalue weighted by atomic mass is 32.2. The minimum Gasteiger partial charge on any atom is -0.384 e. The number of rotatable bonds is 8. The van der Waals surface area contributed by atoms with Crippen molar-refractivity contribution < 1.29 is 21.8 Å². The fourth-order valence-corrected chi connectivity index (χ4v) is 4.78. The molecule has 29 heavy (non-hydrogen) atoms. The highest BCUT2D eigenvalue weighted by molar-refractivity contribution is 7.92. The number of sulfonamides is 2. The first-order valence-corrected chi connectivity index (χ1v) is 11.4. The Kier molecular flexibility index (Phi) is 6.50. The molecule has 2 rings (SSSR count). The molecule has 0 saturated heterocycles. The lowest BCUT2D eigenvalue weighted by Gasteiger charge is -2.17. The minimum absolute atomic E-state index is 0.0145. The van der Waals surface area contributed by atoms with Gasteiger partial charge in [-0.1, -0.05) is 6.07 Å². The van der Waals surface area contributed by atoms with Gasteiger partial charge in [0.15, 0.2) is 0 Å². The average molecular weight is 443 g/mol. The zero-order chi connectivity index (χ0) is 22.0. The average Bonchev–Trinajstić information content (AvgIpc) is 2.62. The van der Waals surface area contributed by atoms with Crippen LogP contribution in [0.25, 0.3) is 0 Å². The number of hydrogen-bond acceptors (Lipinski definition) is 7. The second-order valence-corrected chi connectivity index (χ2v) is 10.1. The fourth-order valence-electron chi connectivity index (χ4n) is 2.52. The molecular formula is C17H22N4O6S2. The largest absolute Gasteiger partial charge is 0.384 e. The molecule has 0 bridgehead atoms. The number of nitrogens with zero attached hydrogens (tertiary/aromatic N) is 2. The summed E-state index contributed by atoms with van der Waals surface area (Å²) in [5.74, 6) is 0. The minimum atomic E-state index is -4.23. The molecule has 0 saturated carbocycles. The second-order valence-electron chi connectivity index (χ2n) is 6.34. The predicted octanol–water partition coefficient (Wildman–Crippen LogP) is 2.39. The van der Waals surface area contributed by atoms with Crippen molar-refractivity contribution in [2.75, 3.05) is 30.7 Å². The van der Waals surface area contributed by atoms with E-state index in [1.54, 1.807) is 6.92 Å². The molecule has 12 heteroatoms. The molecule has 0 aliphatic heterocycles. The molecule has 0 atom stereocenters. The number of nitro benzene ring substituents is 1. The summed E-state index contributed by atoms with van der Waals surface area (Å²) in [6, 6.07) is 7.54. The normalized spacial score (nSPS) is 12.0. The summed E-state index contributed by atoms with van der Waals surface area (Å²) in [6.07, 6.45) is 0. The highest BCUT2D eigenvalue weighted by Crippen LogP contribution is 2.30. The van der Waals surface area contributed by atoms with Gasteiger partial charge in [0, 0.05) is 32.8 Å². The molecule has 0 unspecified atom stereocenters. The van der Waals surface area contributed by atoms with Crippen LogP contribution in [0, 0.1) is 17.0 Å². The first-order chi connectivity index (χ1) is 13.4.